The van der Waals surface area contributed by atoms with Crippen molar-refractivity contribution in [1.29, 1.82) is 0 Å². The molecular formula is C19H24N4O. The fourth-order valence-electron chi connectivity index (χ4n) is 2.70. The van der Waals surface area contributed by atoms with Crippen LogP contribution in [-0.4, -0.2) is 20.4 Å². The molecule has 2 heterocycles. The predicted octanol–water partition coefficient (Wildman–Crippen LogP) is 4.23. The number of para-hydroxylation sites is 1. The lowest BCUT2D eigenvalue weighted by Gasteiger charge is -2.18. The van der Waals surface area contributed by atoms with Crippen molar-refractivity contribution in [2.45, 2.75) is 41.2 Å². The lowest BCUT2D eigenvalue weighted by molar-refractivity contribution is -0.123. The number of carbonyl (C=O) groups is 1. The number of rotatable bonds is 3. The predicted molar refractivity (Wildman–Crippen MR) is 98.0 cm³/mol. The molecule has 24 heavy (non-hydrogen) atoms. The Morgan fingerprint density at radius 3 is 2.62 bits per heavy atom. The van der Waals surface area contributed by atoms with E-state index in [9.17, 15) is 4.79 Å². The minimum absolute atomic E-state index is 0.0648. The Hall–Kier alpha value is -2.43. The van der Waals surface area contributed by atoms with Crippen LogP contribution in [0.2, 0.25) is 0 Å². The summed E-state index contributed by atoms with van der Waals surface area (Å²) in [5.74, 6) is 0.970. The van der Waals surface area contributed by atoms with Crippen LogP contribution in [0.1, 0.15) is 34.6 Å². The van der Waals surface area contributed by atoms with Crippen molar-refractivity contribution in [2.75, 3.05) is 5.32 Å². The zero-order valence-electron chi connectivity index (χ0n) is 14.9. The number of carbonyl (C=O) groups excluding carboxylic acids is 1. The second-order valence-electron chi connectivity index (χ2n) is 7.67. The van der Waals surface area contributed by atoms with Crippen LogP contribution in [0.5, 0.6) is 0 Å². The monoisotopic (exact) mass is 324 g/mol. The smallest absolute Gasteiger partial charge is 0.230 e. The molecule has 3 aromatic rings. The van der Waals surface area contributed by atoms with Crippen LogP contribution < -0.4 is 5.32 Å². The van der Waals surface area contributed by atoms with Crippen molar-refractivity contribution < 1.29 is 4.79 Å². The highest BCUT2D eigenvalue weighted by atomic mass is 16.2. The molecule has 0 fully saturated rings. The van der Waals surface area contributed by atoms with E-state index in [0.717, 1.165) is 28.5 Å². The second-order valence-corrected chi connectivity index (χ2v) is 7.67. The van der Waals surface area contributed by atoms with Crippen LogP contribution in [0.3, 0.4) is 0 Å². The summed E-state index contributed by atoms with van der Waals surface area (Å²) in [6, 6.07) is 7.98. The highest BCUT2D eigenvalue weighted by Crippen LogP contribution is 2.30. The number of amides is 1. The van der Waals surface area contributed by atoms with E-state index in [-0.39, 0.29) is 5.91 Å². The largest absolute Gasteiger partial charge is 0.330 e. The SMILES string of the molecule is CC(C)Cn1cnc2c(NC(=O)C(C)(C)C)nc3ccccc3c21. The van der Waals surface area contributed by atoms with Crippen LogP contribution >= 0.6 is 0 Å². The van der Waals surface area contributed by atoms with E-state index in [1.54, 1.807) is 0 Å². The quantitative estimate of drug-likeness (QED) is 0.784. The van der Waals surface area contributed by atoms with Gasteiger partial charge in [-0.1, -0.05) is 52.8 Å². The minimum Gasteiger partial charge on any atom is -0.330 e. The fourth-order valence-corrected chi connectivity index (χ4v) is 2.70. The van der Waals surface area contributed by atoms with Gasteiger partial charge < -0.3 is 9.88 Å². The zero-order chi connectivity index (χ0) is 17.5. The molecule has 5 heteroatoms. The molecule has 0 saturated carbocycles. The lowest BCUT2D eigenvalue weighted by atomic mass is 9.96. The molecule has 1 amide bonds. The number of nitrogens with zero attached hydrogens (tertiary/aromatic N) is 3. The van der Waals surface area contributed by atoms with Gasteiger partial charge in [-0.2, -0.15) is 0 Å². The average Bonchev–Trinajstić information content (AvgIpc) is 2.90. The maximum atomic E-state index is 12.4. The van der Waals surface area contributed by atoms with E-state index < -0.39 is 5.41 Å². The molecule has 126 valence electrons. The Morgan fingerprint density at radius 2 is 1.96 bits per heavy atom. The number of fused-ring (bicyclic) bond motifs is 3. The molecule has 5 nitrogen and oxygen atoms in total. The van der Waals surface area contributed by atoms with Crippen LogP contribution in [0.4, 0.5) is 5.82 Å². The minimum atomic E-state index is -0.486. The fraction of sp³-hybridized carbons (Fsp3) is 0.421. The van der Waals surface area contributed by atoms with Crippen molar-refractivity contribution in [2.24, 2.45) is 11.3 Å². The summed E-state index contributed by atoms with van der Waals surface area (Å²) < 4.78 is 2.15. The van der Waals surface area contributed by atoms with Gasteiger partial charge in [-0.3, -0.25) is 4.79 Å². The van der Waals surface area contributed by atoms with Gasteiger partial charge in [0.1, 0.15) is 5.52 Å². The first-order valence-electron chi connectivity index (χ1n) is 8.32. The summed E-state index contributed by atoms with van der Waals surface area (Å²) >= 11 is 0. The van der Waals surface area contributed by atoms with Crippen LogP contribution in [0, 0.1) is 11.3 Å². The van der Waals surface area contributed by atoms with Gasteiger partial charge in [-0.25, -0.2) is 9.97 Å². The Bertz CT molecular complexity index is 903. The summed E-state index contributed by atoms with van der Waals surface area (Å²) in [4.78, 5) is 21.6. The Balaban J connectivity index is 2.22. The number of hydrogen-bond acceptors (Lipinski definition) is 3. The Morgan fingerprint density at radius 1 is 1.25 bits per heavy atom. The standard InChI is InChI=1S/C19H24N4O/c1-12(2)10-23-11-20-15-16(23)13-8-6-7-9-14(13)21-17(15)22-18(24)19(3,4)5/h6-9,11-12H,10H2,1-5H3,(H,21,22,24). The van der Waals surface area contributed by atoms with E-state index >= 15 is 0 Å². The van der Waals surface area contributed by atoms with Crippen molar-refractivity contribution in [3.8, 4) is 0 Å². The molecule has 0 aliphatic heterocycles. The molecule has 1 aromatic carbocycles. The van der Waals surface area contributed by atoms with E-state index in [0.29, 0.717) is 11.7 Å². The molecule has 0 unspecified atom stereocenters. The third-order valence-electron chi connectivity index (χ3n) is 3.93. The summed E-state index contributed by atoms with van der Waals surface area (Å²) in [5.41, 5.74) is 2.14. The van der Waals surface area contributed by atoms with Gasteiger partial charge >= 0.3 is 0 Å². The molecule has 0 saturated heterocycles. The lowest BCUT2D eigenvalue weighted by Crippen LogP contribution is -2.28. The molecule has 2 aromatic heterocycles. The van der Waals surface area contributed by atoms with E-state index in [2.05, 4.69) is 39.8 Å². The van der Waals surface area contributed by atoms with Crippen molar-refractivity contribution in [3.63, 3.8) is 0 Å². The maximum absolute atomic E-state index is 12.4. The topological polar surface area (TPSA) is 59.8 Å². The summed E-state index contributed by atoms with van der Waals surface area (Å²) in [6.07, 6.45) is 1.84. The number of benzene rings is 1. The average molecular weight is 324 g/mol. The van der Waals surface area contributed by atoms with Crippen molar-refractivity contribution in [3.05, 3.63) is 30.6 Å². The second kappa shape index (κ2) is 5.89. The molecule has 3 rings (SSSR count). The zero-order valence-corrected chi connectivity index (χ0v) is 14.9. The normalized spacial score (nSPS) is 12.2. The van der Waals surface area contributed by atoms with Crippen molar-refractivity contribution in [1.82, 2.24) is 14.5 Å². The first-order valence-corrected chi connectivity index (χ1v) is 8.32. The summed E-state index contributed by atoms with van der Waals surface area (Å²) in [6.45, 7) is 10.9. The number of anilines is 1. The summed E-state index contributed by atoms with van der Waals surface area (Å²) in [5, 5.41) is 4.01. The van der Waals surface area contributed by atoms with Crippen molar-refractivity contribution >= 4 is 33.7 Å². The highest BCUT2D eigenvalue weighted by Gasteiger charge is 2.24. The molecule has 0 radical (unpaired) electrons. The number of nitrogens with one attached hydrogen (secondary N) is 1. The van der Waals surface area contributed by atoms with Gasteiger partial charge in [-0.15, -0.1) is 0 Å². The maximum Gasteiger partial charge on any atom is 0.230 e. The van der Waals surface area contributed by atoms with E-state index in [1.807, 2.05) is 45.3 Å². The molecule has 0 atom stereocenters. The highest BCUT2D eigenvalue weighted by molar-refractivity contribution is 6.09. The van der Waals surface area contributed by atoms with Crippen LogP contribution in [0.15, 0.2) is 30.6 Å². The molecule has 0 aliphatic rings. The summed E-state index contributed by atoms with van der Waals surface area (Å²) in [7, 11) is 0. The first-order chi connectivity index (χ1) is 11.3. The first kappa shape index (κ1) is 16.4. The number of hydrogen-bond donors (Lipinski definition) is 1. The Labute approximate surface area is 142 Å². The van der Waals surface area contributed by atoms with Crippen LogP contribution in [-0.2, 0) is 11.3 Å². The number of pyridine rings is 1. The molecule has 0 aliphatic carbocycles. The van der Waals surface area contributed by atoms with Gasteiger partial charge in [0.15, 0.2) is 5.82 Å². The van der Waals surface area contributed by atoms with Gasteiger partial charge in [0.25, 0.3) is 0 Å². The van der Waals surface area contributed by atoms with Crippen LogP contribution in [0.25, 0.3) is 21.9 Å². The van der Waals surface area contributed by atoms with Gasteiger partial charge in [0.05, 0.1) is 17.4 Å². The number of imidazole rings is 1. The molecule has 1 N–H and O–H groups in total. The number of aromatic nitrogens is 3. The third-order valence-corrected chi connectivity index (χ3v) is 3.93. The van der Waals surface area contributed by atoms with E-state index in [4.69, 9.17) is 0 Å². The van der Waals surface area contributed by atoms with Gasteiger partial charge in [0, 0.05) is 17.3 Å². The Kier molecular flexibility index (Phi) is 4.03. The third kappa shape index (κ3) is 2.98. The molecule has 0 bridgehead atoms. The van der Waals surface area contributed by atoms with Gasteiger partial charge in [0.2, 0.25) is 5.91 Å². The molecule has 0 spiro atoms. The molecular weight excluding hydrogens is 300 g/mol. The van der Waals surface area contributed by atoms with Gasteiger partial charge in [-0.05, 0) is 12.0 Å². The van der Waals surface area contributed by atoms with E-state index in [1.165, 1.54) is 0 Å².